The van der Waals surface area contributed by atoms with Gasteiger partial charge in [0, 0.05) is 16.2 Å². The maximum absolute atomic E-state index is 2.30. The van der Waals surface area contributed by atoms with Crippen molar-refractivity contribution in [2.24, 2.45) is 7.05 Å². The zero-order chi connectivity index (χ0) is 18.4. The smallest absolute Gasteiger partial charge is 0.200 e. The van der Waals surface area contributed by atoms with Gasteiger partial charge >= 0.3 is 0 Å². The lowest BCUT2D eigenvalue weighted by Crippen LogP contribution is -2.30. The molecule has 0 unspecified atom stereocenters. The molecule has 0 N–H and O–H groups in total. The Balaban J connectivity index is 0.000000528. The Morgan fingerprint density at radius 2 is 1.40 bits per heavy atom. The summed E-state index contributed by atoms with van der Waals surface area (Å²) in [6.45, 7) is 10.2. The van der Waals surface area contributed by atoms with E-state index in [2.05, 4.69) is 79.3 Å². The second-order valence-corrected chi connectivity index (χ2v) is 6.50. The monoisotopic (exact) mass is 350 g/mol. The van der Waals surface area contributed by atoms with Gasteiger partial charge in [-0.1, -0.05) is 64.1 Å². The molecule has 0 bridgehead atoms. The molecule has 0 aliphatic rings. The lowest BCUT2D eigenvalue weighted by atomic mass is 10.1. The maximum atomic E-state index is 2.30. The molecule has 0 saturated heterocycles. The van der Waals surface area contributed by atoms with Crippen LogP contribution >= 0.6 is 11.3 Å². The van der Waals surface area contributed by atoms with Crippen LogP contribution in [0.2, 0.25) is 0 Å². The maximum Gasteiger partial charge on any atom is 0.223 e. The Bertz CT molecular complexity index is 966. The van der Waals surface area contributed by atoms with Crippen molar-refractivity contribution in [1.82, 2.24) is 0 Å². The normalized spacial score (nSPS) is 10.0. The molecule has 0 saturated carbocycles. The first kappa shape index (κ1) is 19.1. The average Bonchev–Trinajstić information content (AvgIpc) is 3.01. The van der Waals surface area contributed by atoms with Crippen LogP contribution in [0, 0.1) is 6.92 Å². The summed E-state index contributed by atoms with van der Waals surface area (Å²) in [7, 11) is 2.13. The van der Waals surface area contributed by atoms with Crippen molar-refractivity contribution in [3.63, 3.8) is 0 Å². The number of aryl methyl sites for hydroxylation is 2. The van der Waals surface area contributed by atoms with E-state index < -0.39 is 0 Å². The molecule has 1 nitrogen and oxygen atoms in total. The molecule has 4 aromatic rings. The third-order valence-electron chi connectivity index (χ3n) is 4.08. The van der Waals surface area contributed by atoms with Crippen molar-refractivity contribution in [2.45, 2.75) is 34.6 Å². The van der Waals surface area contributed by atoms with Gasteiger partial charge in [0.25, 0.3) is 0 Å². The Morgan fingerprint density at radius 3 is 2.08 bits per heavy atom. The lowest BCUT2D eigenvalue weighted by Gasteiger charge is -2.02. The van der Waals surface area contributed by atoms with Crippen molar-refractivity contribution in [1.29, 1.82) is 0 Å². The van der Waals surface area contributed by atoms with Gasteiger partial charge in [0.05, 0.1) is 0 Å². The predicted molar refractivity (Wildman–Crippen MR) is 113 cm³/mol. The molecule has 2 aromatic carbocycles. The first-order valence-corrected chi connectivity index (χ1v) is 9.92. The van der Waals surface area contributed by atoms with E-state index in [-0.39, 0.29) is 0 Å². The molecule has 0 fully saturated rings. The van der Waals surface area contributed by atoms with Crippen molar-refractivity contribution in [3.05, 3.63) is 66.4 Å². The van der Waals surface area contributed by atoms with Gasteiger partial charge in [0.1, 0.15) is 11.9 Å². The molecular weight excluding hydrogens is 322 g/mol. The summed E-state index contributed by atoms with van der Waals surface area (Å²) in [6.07, 6.45) is 2.22. The van der Waals surface area contributed by atoms with Crippen molar-refractivity contribution in [2.75, 3.05) is 0 Å². The summed E-state index contributed by atoms with van der Waals surface area (Å²) < 4.78 is 3.60. The Hall–Kier alpha value is -2.19. The second kappa shape index (κ2) is 8.77. The van der Waals surface area contributed by atoms with E-state index >= 15 is 0 Å². The van der Waals surface area contributed by atoms with Crippen molar-refractivity contribution in [3.8, 4) is 10.6 Å². The van der Waals surface area contributed by atoms with Crippen LogP contribution in [-0.4, -0.2) is 0 Å². The standard InChI is InChI=1S/C19H16NS.2C2H6/c1-13-16-9-5-6-10-18(16)21-19(13)17-11-14-7-3-4-8-15(14)12-20(17)2;2*1-2/h3-12H,1-2H3;2*1-2H3/q+1;;. The van der Waals surface area contributed by atoms with E-state index in [1.165, 1.54) is 37.0 Å². The molecule has 0 amide bonds. The van der Waals surface area contributed by atoms with Gasteiger partial charge in [-0.3, -0.25) is 0 Å². The largest absolute Gasteiger partial charge is 0.223 e. The minimum absolute atomic E-state index is 1.28. The van der Waals surface area contributed by atoms with E-state index in [4.69, 9.17) is 0 Å². The highest BCUT2D eigenvalue weighted by Gasteiger charge is 2.18. The van der Waals surface area contributed by atoms with Gasteiger partial charge in [-0.05, 0) is 35.4 Å². The number of hydrogen-bond acceptors (Lipinski definition) is 1. The van der Waals surface area contributed by atoms with Crippen LogP contribution in [0.25, 0.3) is 31.4 Å². The molecule has 0 spiro atoms. The summed E-state index contributed by atoms with van der Waals surface area (Å²) in [4.78, 5) is 1.37. The van der Waals surface area contributed by atoms with Gasteiger partial charge in [-0.25, -0.2) is 0 Å². The zero-order valence-corrected chi connectivity index (χ0v) is 16.9. The van der Waals surface area contributed by atoms with Crippen LogP contribution in [0.4, 0.5) is 0 Å². The number of aromatic nitrogens is 1. The van der Waals surface area contributed by atoms with Gasteiger partial charge in [-0.15, -0.1) is 11.3 Å². The molecule has 130 valence electrons. The topological polar surface area (TPSA) is 3.88 Å². The summed E-state index contributed by atoms with van der Waals surface area (Å²) >= 11 is 1.88. The van der Waals surface area contributed by atoms with Gasteiger partial charge in [0.2, 0.25) is 5.69 Å². The minimum atomic E-state index is 1.28. The molecule has 2 aromatic heterocycles. The fourth-order valence-electron chi connectivity index (χ4n) is 2.93. The quantitative estimate of drug-likeness (QED) is 0.328. The summed E-state index contributed by atoms with van der Waals surface area (Å²) in [5, 5.41) is 3.94. The SMILES string of the molecule is CC.CC.Cc1c(-c2cc3ccccc3c[n+]2C)sc2ccccc12. The van der Waals surface area contributed by atoms with Crippen LogP contribution < -0.4 is 4.57 Å². The Labute approximate surface area is 155 Å². The number of fused-ring (bicyclic) bond motifs is 2. The fraction of sp³-hybridized carbons (Fsp3) is 0.261. The highest BCUT2D eigenvalue weighted by atomic mass is 32.1. The molecule has 2 heterocycles. The van der Waals surface area contributed by atoms with E-state index in [0.29, 0.717) is 0 Å². The van der Waals surface area contributed by atoms with Crippen LogP contribution in [0.3, 0.4) is 0 Å². The van der Waals surface area contributed by atoms with E-state index in [0.717, 1.165) is 0 Å². The average molecular weight is 351 g/mol. The first-order valence-electron chi connectivity index (χ1n) is 9.11. The van der Waals surface area contributed by atoms with Gasteiger partial charge in [0.15, 0.2) is 6.20 Å². The number of benzene rings is 2. The number of rotatable bonds is 1. The fourth-order valence-corrected chi connectivity index (χ4v) is 4.20. The van der Waals surface area contributed by atoms with E-state index in [1.54, 1.807) is 0 Å². The van der Waals surface area contributed by atoms with Crippen LogP contribution in [0.1, 0.15) is 33.3 Å². The van der Waals surface area contributed by atoms with Crippen molar-refractivity contribution < 1.29 is 4.57 Å². The summed E-state index contributed by atoms with van der Waals surface area (Å²) in [5.74, 6) is 0. The number of thiophene rings is 1. The van der Waals surface area contributed by atoms with Gasteiger partial charge < -0.3 is 0 Å². The highest BCUT2D eigenvalue weighted by molar-refractivity contribution is 7.22. The molecular formula is C23H28NS+. The van der Waals surface area contributed by atoms with Crippen LogP contribution in [-0.2, 0) is 7.05 Å². The summed E-state index contributed by atoms with van der Waals surface area (Å²) in [6, 6.07) is 19.5. The zero-order valence-electron chi connectivity index (χ0n) is 16.1. The Kier molecular flexibility index (Phi) is 6.72. The summed E-state index contributed by atoms with van der Waals surface area (Å²) in [5.41, 5.74) is 2.66. The third-order valence-corrected chi connectivity index (χ3v) is 5.37. The number of nitrogens with zero attached hydrogens (tertiary/aromatic N) is 1. The number of pyridine rings is 1. The second-order valence-electron chi connectivity index (χ2n) is 5.45. The van der Waals surface area contributed by atoms with E-state index in [1.807, 2.05) is 39.0 Å². The lowest BCUT2D eigenvalue weighted by molar-refractivity contribution is -0.658. The third kappa shape index (κ3) is 3.74. The Morgan fingerprint density at radius 1 is 0.800 bits per heavy atom. The van der Waals surface area contributed by atoms with Crippen molar-refractivity contribution >= 4 is 32.2 Å². The molecule has 0 aliphatic carbocycles. The van der Waals surface area contributed by atoms with E-state index in [9.17, 15) is 0 Å². The van der Waals surface area contributed by atoms with Crippen LogP contribution in [0.5, 0.6) is 0 Å². The highest BCUT2D eigenvalue weighted by Crippen LogP contribution is 2.37. The predicted octanol–water partition coefficient (Wildman–Crippen LogP) is 6.91. The van der Waals surface area contributed by atoms with Gasteiger partial charge in [-0.2, -0.15) is 4.57 Å². The van der Waals surface area contributed by atoms with Crippen LogP contribution in [0.15, 0.2) is 60.8 Å². The molecule has 0 radical (unpaired) electrons. The molecule has 25 heavy (non-hydrogen) atoms. The molecule has 0 aliphatic heterocycles. The number of hydrogen-bond donors (Lipinski definition) is 0. The molecule has 4 rings (SSSR count). The minimum Gasteiger partial charge on any atom is -0.200 e. The molecule has 2 heteroatoms. The molecule has 0 atom stereocenters. The first-order chi connectivity index (χ1) is 12.2.